The molecule has 7 heteroatoms. The van der Waals surface area contributed by atoms with E-state index in [0.29, 0.717) is 25.9 Å². The van der Waals surface area contributed by atoms with Crippen LogP contribution in [0.3, 0.4) is 0 Å². The highest BCUT2D eigenvalue weighted by atomic mass is 19.1. The lowest BCUT2D eigenvalue weighted by Crippen LogP contribution is -2.43. The van der Waals surface area contributed by atoms with Crippen LogP contribution in [-0.2, 0) is 4.79 Å². The fourth-order valence-electron chi connectivity index (χ4n) is 3.93. The number of halogens is 2. The van der Waals surface area contributed by atoms with E-state index in [1.165, 1.54) is 23.1 Å². The van der Waals surface area contributed by atoms with Gasteiger partial charge in [-0.25, -0.2) is 13.6 Å². The second-order valence-corrected chi connectivity index (χ2v) is 6.30. The van der Waals surface area contributed by atoms with Gasteiger partial charge in [-0.1, -0.05) is 6.07 Å². The number of nitrogens with zero attached hydrogens (tertiary/aromatic N) is 3. The van der Waals surface area contributed by atoms with Gasteiger partial charge in [-0.15, -0.1) is 0 Å². The fraction of sp³-hybridized carbons (Fsp3) is 0.500. The van der Waals surface area contributed by atoms with Gasteiger partial charge in [0, 0.05) is 19.6 Å². The van der Waals surface area contributed by atoms with Gasteiger partial charge in [0.05, 0.1) is 6.04 Å². The van der Waals surface area contributed by atoms with Crippen molar-refractivity contribution in [3.8, 4) is 0 Å². The SMILES string of the molecule is O=C1C2CCCN2C(=O)N1C1CCN(c2c(F)cccc2F)C1. The largest absolute Gasteiger partial charge is 0.365 e. The Hall–Kier alpha value is -2.18. The van der Waals surface area contributed by atoms with E-state index < -0.39 is 11.6 Å². The van der Waals surface area contributed by atoms with Crippen molar-refractivity contribution in [2.24, 2.45) is 0 Å². The number of rotatable bonds is 2. The molecule has 3 amide bonds. The van der Waals surface area contributed by atoms with Crippen molar-refractivity contribution in [1.29, 1.82) is 0 Å². The quantitative estimate of drug-likeness (QED) is 0.782. The van der Waals surface area contributed by atoms with E-state index in [4.69, 9.17) is 0 Å². The average molecular weight is 321 g/mol. The summed E-state index contributed by atoms with van der Waals surface area (Å²) in [5, 5.41) is 0. The molecule has 2 atom stereocenters. The molecule has 0 saturated carbocycles. The van der Waals surface area contributed by atoms with E-state index >= 15 is 0 Å². The predicted octanol–water partition coefficient (Wildman–Crippen LogP) is 1.97. The maximum Gasteiger partial charge on any atom is 0.327 e. The van der Waals surface area contributed by atoms with E-state index in [1.807, 2.05) is 0 Å². The fourth-order valence-corrected chi connectivity index (χ4v) is 3.93. The first-order valence-corrected chi connectivity index (χ1v) is 7.90. The molecule has 3 fully saturated rings. The summed E-state index contributed by atoms with van der Waals surface area (Å²) in [5.74, 6) is -1.40. The minimum absolute atomic E-state index is 0.0744. The van der Waals surface area contributed by atoms with Crippen molar-refractivity contribution in [3.05, 3.63) is 29.8 Å². The number of carbonyl (C=O) groups is 2. The van der Waals surface area contributed by atoms with Crippen LogP contribution in [0.2, 0.25) is 0 Å². The van der Waals surface area contributed by atoms with Crippen LogP contribution in [0.15, 0.2) is 18.2 Å². The molecule has 23 heavy (non-hydrogen) atoms. The Morgan fingerprint density at radius 1 is 1.04 bits per heavy atom. The summed E-state index contributed by atoms with van der Waals surface area (Å²) in [6.07, 6.45) is 2.10. The predicted molar refractivity (Wildman–Crippen MR) is 78.9 cm³/mol. The summed E-state index contributed by atoms with van der Waals surface area (Å²) in [6, 6.07) is 2.85. The number of anilines is 1. The van der Waals surface area contributed by atoms with Crippen LogP contribution in [0.4, 0.5) is 19.3 Å². The summed E-state index contributed by atoms with van der Waals surface area (Å²) >= 11 is 0. The van der Waals surface area contributed by atoms with E-state index in [9.17, 15) is 18.4 Å². The molecular weight excluding hydrogens is 304 g/mol. The molecule has 0 aliphatic carbocycles. The highest BCUT2D eigenvalue weighted by Crippen LogP contribution is 2.33. The zero-order chi connectivity index (χ0) is 16.1. The van der Waals surface area contributed by atoms with E-state index in [-0.39, 0.29) is 36.3 Å². The Kier molecular flexibility index (Phi) is 3.25. The van der Waals surface area contributed by atoms with Crippen LogP contribution in [0.5, 0.6) is 0 Å². The molecule has 2 unspecified atom stereocenters. The Bertz CT molecular complexity index is 639. The van der Waals surface area contributed by atoms with Crippen LogP contribution in [-0.4, -0.2) is 53.5 Å². The minimum atomic E-state index is -0.620. The number of carbonyl (C=O) groups excluding carboxylic acids is 2. The van der Waals surface area contributed by atoms with Gasteiger partial charge >= 0.3 is 6.03 Å². The topological polar surface area (TPSA) is 43.9 Å². The molecule has 5 nitrogen and oxygen atoms in total. The molecule has 0 aromatic heterocycles. The molecule has 4 rings (SSSR count). The molecule has 3 heterocycles. The van der Waals surface area contributed by atoms with E-state index in [2.05, 4.69) is 0 Å². The molecule has 0 spiro atoms. The maximum atomic E-state index is 13.9. The lowest BCUT2D eigenvalue weighted by molar-refractivity contribution is -0.129. The van der Waals surface area contributed by atoms with Gasteiger partial charge in [-0.2, -0.15) is 0 Å². The third-order valence-electron chi connectivity index (χ3n) is 5.01. The van der Waals surface area contributed by atoms with Gasteiger partial charge in [-0.05, 0) is 31.4 Å². The van der Waals surface area contributed by atoms with Crippen molar-refractivity contribution in [3.63, 3.8) is 0 Å². The highest BCUT2D eigenvalue weighted by Gasteiger charge is 2.50. The summed E-state index contributed by atoms with van der Waals surface area (Å²) in [7, 11) is 0. The molecule has 1 aromatic carbocycles. The summed E-state index contributed by atoms with van der Waals surface area (Å²) < 4.78 is 27.8. The summed E-state index contributed by atoms with van der Waals surface area (Å²) in [6.45, 7) is 1.31. The number of imide groups is 1. The van der Waals surface area contributed by atoms with Crippen LogP contribution in [0.1, 0.15) is 19.3 Å². The molecule has 0 radical (unpaired) electrons. The van der Waals surface area contributed by atoms with Crippen molar-refractivity contribution in [2.75, 3.05) is 24.5 Å². The van der Waals surface area contributed by atoms with Gasteiger partial charge in [0.1, 0.15) is 23.4 Å². The number of benzene rings is 1. The minimum Gasteiger partial charge on any atom is -0.365 e. The second kappa shape index (κ2) is 5.18. The van der Waals surface area contributed by atoms with Crippen LogP contribution < -0.4 is 4.90 Å². The number of para-hydroxylation sites is 1. The smallest absolute Gasteiger partial charge is 0.327 e. The Morgan fingerprint density at radius 2 is 1.78 bits per heavy atom. The molecule has 1 aromatic rings. The van der Waals surface area contributed by atoms with Gasteiger partial charge in [-0.3, -0.25) is 9.69 Å². The van der Waals surface area contributed by atoms with Crippen molar-refractivity contribution in [1.82, 2.24) is 9.80 Å². The third-order valence-corrected chi connectivity index (χ3v) is 5.01. The number of amides is 3. The lowest BCUT2D eigenvalue weighted by Gasteiger charge is -2.24. The molecular formula is C16H17F2N3O2. The average Bonchev–Trinajstić information content (AvgIpc) is 3.19. The van der Waals surface area contributed by atoms with E-state index in [1.54, 1.807) is 9.80 Å². The van der Waals surface area contributed by atoms with Crippen molar-refractivity contribution < 1.29 is 18.4 Å². The first-order chi connectivity index (χ1) is 11.1. The van der Waals surface area contributed by atoms with Gasteiger partial charge in [0.15, 0.2) is 0 Å². The molecule has 0 N–H and O–H groups in total. The van der Waals surface area contributed by atoms with E-state index in [0.717, 1.165) is 6.42 Å². The molecule has 3 aliphatic heterocycles. The first-order valence-electron chi connectivity index (χ1n) is 7.90. The molecule has 3 saturated heterocycles. The van der Waals surface area contributed by atoms with Gasteiger partial charge in [0.2, 0.25) is 0 Å². The molecule has 3 aliphatic rings. The number of urea groups is 1. The van der Waals surface area contributed by atoms with Crippen molar-refractivity contribution in [2.45, 2.75) is 31.3 Å². The Balaban J connectivity index is 1.55. The maximum absolute atomic E-state index is 13.9. The van der Waals surface area contributed by atoms with Crippen LogP contribution in [0, 0.1) is 11.6 Å². The monoisotopic (exact) mass is 321 g/mol. The lowest BCUT2D eigenvalue weighted by atomic mass is 10.2. The Labute approximate surface area is 132 Å². The van der Waals surface area contributed by atoms with Crippen LogP contribution in [0.25, 0.3) is 0 Å². The summed E-state index contributed by atoms with van der Waals surface area (Å²) in [5.41, 5.74) is -0.0744. The normalized spacial score (nSPS) is 27.3. The molecule has 122 valence electrons. The highest BCUT2D eigenvalue weighted by molar-refractivity contribution is 6.05. The first kappa shape index (κ1) is 14.4. The summed E-state index contributed by atoms with van der Waals surface area (Å²) in [4.78, 5) is 29.4. The Morgan fingerprint density at radius 3 is 2.48 bits per heavy atom. The second-order valence-electron chi connectivity index (χ2n) is 6.30. The van der Waals surface area contributed by atoms with Crippen molar-refractivity contribution >= 4 is 17.6 Å². The van der Waals surface area contributed by atoms with Gasteiger partial charge < -0.3 is 9.80 Å². The number of hydrogen-bond donors (Lipinski definition) is 0. The van der Waals surface area contributed by atoms with Gasteiger partial charge in [0.25, 0.3) is 5.91 Å². The standard InChI is InChI=1S/C16H17F2N3O2/c17-11-3-1-4-12(18)14(11)19-8-6-10(9-19)21-15(22)13-5-2-7-20(13)16(21)23/h1,3-4,10,13H,2,5-9H2. The third kappa shape index (κ3) is 2.09. The zero-order valence-corrected chi connectivity index (χ0v) is 12.5. The number of hydrogen-bond acceptors (Lipinski definition) is 3. The zero-order valence-electron chi connectivity index (χ0n) is 12.5. The number of fused-ring (bicyclic) bond motifs is 1. The van der Waals surface area contributed by atoms with Crippen LogP contribution >= 0.6 is 0 Å². The molecule has 0 bridgehead atoms.